The number of aromatic nitrogens is 1. The van der Waals surface area contributed by atoms with Gasteiger partial charge in [-0.2, -0.15) is 13.5 Å². The topological polar surface area (TPSA) is 90.5 Å². The molecule has 1 aromatic heterocycles. The van der Waals surface area contributed by atoms with Crippen molar-refractivity contribution in [2.75, 3.05) is 0 Å². The summed E-state index contributed by atoms with van der Waals surface area (Å²) in [6.07, 6.45) is 5.44. The zero-order valence-corrected chi connectivity index (χ0v) is 21.0. The van der Waals surface area contributed by atoms with Gasteiger partial charge >= 0.3 is 12.6 Å². The number of carbonyl (C=O) groups is 2. The highest BCUT2D eigenvalue weighted by Gasteiger charge is 2.32. The fourth-order valence-electron chi connectivity index (χ4n) is 4.99. The predicted octanol–water partition coefficient (Wildman–Crippen LogP) is 6.55. The van der Waals surface area contributed by atoms with Crippen molar-refractivity contribution in [1.29, 1.82) is 0 Å². The molecule has 3 aromatic rings. The minimum Gasteiger partial charge on any atom is -0.618 e. The molecule has 0 saturated heterocycles. The van der Waals surface area contributed by atoms with Gasteiger partial charge in [0.25, 0.3) is 0 Å². The number of carboxylic acids is 1. The second kappa shape index (κ2) is 11.9. The van der Waals surface area contributed by atoms with Crippen LogP contribution in [0.1, 0.15) is 59.6 Å². The molecular formula is C28H25ClF3NO5. The predicted molar refractivity (Wildman–Crippen MR) is 134 cm³/mol. The minimum atomic E-state index is -3.22. The maximum Gasteiger partial charge on any atom is 0.387 e. The van der Waals surface area contributed by atoms with E-state index in [0.29, 0.717) is 16.7 Å². The van der Waals surface area contributed by atoms with E-state index in [1.54, 1.807) is 12.1 Å². The van der Waals surface area contributed by atoms with Gasteiger partial charge in [-0.25, -0.2) is 9.18 Å². The second-order valence-corrected chi connectivity index (χ2v) is 9.77. The number of hydrogen-bond acceptors (Lipinski definition) is 4. The van der Waals surface area contributed by atoms with Gasteiger partial charge in [0.15, 0.2) is 17.8 Å². The minimum absolute atomic E-state index is 0.00562. The van der Waals surface area contributed by atoms with Crippen molar-refractivity contribution in [1.82, 2.24) is 0 Å². The number of ether oxygens (including phenoxy) is 1. The molecule has 0 spiro atoms. The Kier molecular flexibility index (Phi) is 8.56. The SMILES string of the molecule is O=C(O)c1ccc(CC(=O)C(CC2CCCC2)c2ccc(-c3c(OC(F)F)ccc(Cl)c3F)c[n+]2[O-])cc1. The highest BCUT2D eigenvalue weighted by atomic mass is 35.5. The number of halogens is 4. The van der Waals surface area contributed by atoms with Crippen molar-refractivity contribution in [2.45, 2.75) is 51.1 Å². The molecule has 10 heteroatoms. The van der Waals surface area contributed by atoms with Gasteiger partial charge in [-0.15, -0.1) is 0 Å². The number of hydrogen-bond donors (Lipinski definition) is 1. The van der Waals surface area contributed by atoms with Gasteiger partial charge in [0.1, 0.15) is 11.7 Å². The Bertz CT molecular complexity index is 1330. The average molecular weight is 548 g/mol. The van der Waals surface area contributed by atoms with Gasteiger partial charge in [-0.05, 0) is 48.2 Å². The first kappa shape index (κ1) is 27.4. The third kappa shape index (κ3) is 6.27. The normalized spacial score (nSPS) is 14.6. The summed E-state index contributed by atoms with van der Waals surface area (Å²) >= 11 is 5.85. The van der Waals surface area contributed by atoms with Crippen LogP contribution in [0, 0.1) is 16.9 Å². The zero-order chi connectivity index (χ0) is 27.4. The van der Waals surface area contributed by atoms with Crippen LogP contribution in [0.5, 0.6) is 5.75 Å². The Balaban J connectivity index is 1.67. The molecule has 1 saturated carbocycles. The molecule has 0 aliphatic heterocycles. The highest BCUT2D eigenvalue weighted by Crippen LogP contribution is 2.38. The van der Waals surface area contributed by atoms with Gasteiger partial charge in [0.2, 0.25) is 5.69 Å². The van der Waals surface area contributed by atoms with Gasteiger partial charge in [-0.3, -0.25) is 4.79 Å². The molecule has 1 N–H and O–H groups in total. The second-order valence-electron chi connectivity index (χ2n) is 9.37. The lowest BCUT2D eigenvalue weighted by Gasteiger charge is -2.20. The molecule has 4 rings (SSSR count). The summed E-state index contributed by atoms with van der Waals surface area (Å²) in [4.78, 5) is 24.6. The molecule has 6 nitrogen and oxygen atoms in total. The van der Waals surface area contributed by atoms with Gasteiger partial charge in [0, 0.05) is 12.5 Å². The quantitative estimate of drug-likeness (QED) is 0.229. The van der Waals surface area contributed by atoms with Crippen LogP contribution in [-0.2, 0) is 11.2 Å². The third-order valence-electron chi connectivity index (χ3n) is 6.87. The zero-order valence-electron chi connectivity index (χ0n) is 20.2. The summed E-state index contributed by atoms with van der Waals surface area (Å²) in [5.41, 5.74) is 0.453. The van der Waals surface area contributed by atoms with Crippen LogP contribution < -0.4 is 9.47 Å². The first-order valence-corrected chi connectivity index (χ1v) is 12.5. The summed E-state index contributed by atoms with van der Waals surface area (Å²) in [5, 5.41) is 22.0. The fourth-order valence-corrected chi connectivity index (χ4v) is 5.15. The van der Waals surface area contributed by atoms with Crippen LogP contribution in [0.15, 0.2) is 54.7 Å². The standard InChI is InChI=1S/C28H25ClF3NO5/c29-21-10-12-24(38-28(31)32)25(26(21)30)19-9-11-22(33(37)15-19)20(13-16-3-1-2-4-16)23(34)14-17-5-7-18(8-6-17)27(35)36/h5-12,15-16,20,28H,1-4,13-14H2,(H,35,36). The molecule has 0 radical (unpaired) electrons. The van der Waals surface area contributed by atoms with E-state index in [-0.39, 0.29) is 45.5 Å². The summed E-state index contributed by atoms with van der Waals surface area (Å²) in [7, 11) is 0. The number of carbonyl (C=O) groups excluding carboxylic acids is 1. The summed E-state index contributed by atoms with van der Waals surface area (Å²) in [6, 6.07) is 10.9. The van der Waals surface area contributed by atoms with E-state index in [9.17, 15) is 28.0 Å². The monoisotopic (exact) mass is 547 g/mol. The fraction of sp³-hybridized carbons (Fsp3) is 0.321. The van der Waals surface area contributed by atoms with Crippen molar-refractivity contribution in [3.63, 3.8) is 0 Å². The molecule has 1 fully saturated rings. The van der Waals surface area contributed by atoms with E-state index in [0.717, 1.165) is 44.0 Å². The lowest BCUT2D eigenvalue weighted by Crippen LogP contribution is -2.36. The Labute approximate surface area is 222 Å². The Hall–Kier alpha value is -3.59. The summed E-state index contributed by atoms with van der Waals surface area (Å²) < 4.78 is 45.6. The van der Waals surface area contributed by atoms with Gasteiger partial charge in [-0.1, -0.05) is 49.4 Å². The molecule has 2 aromatic carbocycles. The molecule has 38 heavy (non-hydrogen) atoms. The first-order chi connectivity index (χ1) is 18.1. The van der Waals surface area contributed by atoms with Crippen molar-refractivity contribution in [3.8, 4) is 16.9 Å². The van der Waals surface area contributed by atoms with Crippen LogP contribution in [0.25, 0.3) is 11.1 Å². The number of nitrogens with zero attached hydrogens (tertiary/aromatic N) is 1. The number of rotatable bonds is 10. The Morgan fingerprint density at radius 2 is 1.76 bits per heavy atom. The number of pyridine rings is 1. The smallest absolute Gasteiger partial charge is 0.387 e. The maximum atomic E-state index is 14.8. The number of ketones is 1. The summed E-state index contributed by atoms with van der Waals surface area (Å²) in [6.45, 7) is -3.22. The number of alkyl halides is 2. The largest absolute Gasteiger partial charge is 0.618 e. The van der Waals surface area contributed by atoms with Crippen LogP contribution in [-0.4, -0.2) is 23.5 Å². The Morgan fingerprint density at radius 3 is 2.37 bits per heavy atom. The number of Topliss-reactive ketones (excluding diaryl/α,β-unsaturated/α-hetero) is 1. The molecule has 0 bridgehead atoms. The van der Waals surface area contributed by atoms with E-state index in [1.807, 2.05) is 0 Å². The lowest BCUT2D eigenvalue weighted by molar-refractivity contribution is -0.614. The third-order valence-corrected chi connectivity index (χ3v) is 7.17. The molecule has 200 valence electrons. The molecule has 1 atom stereocenters. The number of aromatic carboxylic acids is 1. The van der Waals surface area contributed by atoms with E-state index in [2.05, 4.69) is 4.74 Å². The van der Waals surface area contributed by atoms with E-state index in [1.165, 1.54) is 24.3 Å². The summed E-state index contributed by atoms with van der Waals surface area (Å²) in [5.74, 6) is -3.28. The van der Waals surface area contributed by atoms with E-state index < -0.39 is 30.1 Å². The van der Waals surface area contributed by atoms with Gasteiger partial charge in [0.05, 0.1) is 21.7 Å². The van der Waals surface area contributed by atoms with Crippen LogP contribution in [0.3, 0.4) is 0 Å². The van der Waals surface area contributed by atoms with Gasteiger partial charge < -0.3 is 15.1 Å². The maximum absolute atomic E-state index is 14.8. The van der Waals surface area contributed by atoms with Crippen molar-refractivity contribution >= 4 is 23.4 Å². The molecular weight excluding hydrogens is 523 g/mol. The van der Waals surface area contributed by atoms with E-state index in [4.69, 9.17) is 16.7 Å². The van der Waals surface area contributed by atoms with E-state index >= 15 is 0 Å². The van der Waals surface area contributed by atoms with Crippen LogP contribution >= 0.6 is 11.6 Å². The number of carboxylic acid groups (broad SMARTS) is 1. The first-order valence-electron chi connectivity index (χ1n) is 12.1. The molecule has 1 aliphatic carbocycles. The van der Waals surface area contributed by atoms with Crippen molar-refractivity contribution in [3.05, 3.63) is 87.6 Å². The molecule has 1 heterocycles. The van der Waals surface area contributed by atoms with Crippen molar-refractivity contribution < 1.29 is 37.3 Å². The number of benzene rings is 2. The van der Waals surface area contributed by atoms with Crippen molar-refractivity contribution in [2.24, 2.45) is 5.92 Å². The highest BCUT2D eigenvalue weighted by molar-refractivity contribution is 6.31. The molecule has 1 unspecified atom stereocenters. The average Bonchev–Trinajstić information content (AvgIpc) is 3.38. The van der Waals surface area contributed by atoms with Crippen LogP contribution in [0.2, 0.25) is 5.02 Å². The molecule has 1 aliphatic rings. The Morgan fingerprint density at radius 1 is 1.08 bits per heavy atom. The lowest BCUT2D eigenvalue weighted by atomic mass is 9.85. The molecule has 0 amide bonds. The van der Waals surface area contributed by atoms with Crippen LogP contribution in [0.4, 0.5) is 13.2 Å².